The van der Waals surface area contributed by atoms with Gasteiger partial charge in [0.25, 0.3) is 0 Å². The number of halogens is 2. The Balaban J connectivity index is 1.99. The molecule has 1 heterocycles. The van der Waals surface area contributed by atoms with Gasteiger partial charge in [0.1, 0.15) is 11.7 Å². The van der Waals surface area contributed by atoms with E-state index in [9.17, 15) is 4.39 Å². The summed E-state index contributed by atoms with van der Waals surface area (Å²) in [6, 6.07) is 4.85. The first kappa shape index (κ1) is 17.5. The number of nitrogens with zero attached hydrogens (tertiary/aromatic N) is 1. The van der Waals surface area contributed by atoms with E-state index in [1.807, 2.05) is 10.8 Å². The van der Waals surface area contributed by atoms with Crippen LogP contribution in [0, 0.1) is 17.1 Å². The van der Waals surface area contributed by atoms with Gasteiger partial charge >= 0.3 is 0 Å². The van der Waals surface area contributed by atoms with Crippen LogP contribution in [-0.4, -0.2) is 10.4 Å². The van der Waals surface area contributed by atoms with Crippen molar-refractivity contribution in [3.8, 4) is 0 Å². The Kier molecular flexibility index (Phi) is 5.09. The number of aromatic nitrogens is 1. The first-order chi connectivity index (χ1) is 12.0. The fourth-order valence-corrected chi connectivity index (χ4v) is 3.41. The SMILES string of the molecule is CCCC1C=CC=c2c(ccn2Cc2c(F)cc(C(=N)N)cc2Cl)=C1. The van der Waals surface area contributed by atoms with E-state index in [1.165, 1.54) is 12.1 Å². The molecule has 1 aliphatic rings. The number of rotatable bonds is 5. The number of benzene rings is 1. The van der Waals surface area contributed by atoms with E-state index in [0.717, 1.165) is 23.4 Å². The van der Waals surface area contributed by atoms with Gasteiger partial charge in [-0.15, -0.1) is 0 Å². The zero-order valence-corrected chi connectivity index (χ0v) is 14.9. The molecule has 1 unspecified atom stereocenters. The van der Waals surface area contributed by atoms with Crippen LogP contribution in [0.25, 0.3) is 12.2 Å². The Labute approximate surface area is 151 Å². The molecule has 0 saturated carbocycles. The lowest BCUT2D eigenvalue weighted by atomic mass is 10.0. The van der Waals surface area contributed by atoms with E-state index in [2.05, 4.69) is 37.3 Å². The molecule has 0 amide bonds. The molecule has 0 bridgehead atoms. The van der Waals surface area contributed by atoms with Crippen LogP contribution in [0.4, 0.5) is 4.39 Å². The highest BCUT2D eigenvalue weighted by Crippen LogP contribution is 2.22. The van der Waals surface area contributed by atoms with Crippen molar-refractivity contribution >= 4 is 29.6 Å². The molecule has 3 N–H and O–H groups in total. The Morgan fingerprint density at radius 3 is 2.88 bits per heavy atom. The second kappa shape index (κ2) is 7.28. The Morgan fingerprint density at radius 2 is 2.20 bits per heavy atom. The lowest BCUT2D eigenvalue weighted by Crippen LogP contribution is -2.29. The molecule has 1 aliphatic carbocycles. The molecule has 130 valence electrons. The molecule has 3 nitrogen and oxygen atoms in total. The molecule has 1 atom stereocenters. The van der Waals surface area contributed by atoms with Gasteiger partial charge in [-0.25, -0.2) is 4.39 Å². The second-order valence-electron chi connectivity index (χ2n) is 6.29. The molecular weight excluding hydrogens is 337 g/mol. The maximum atomic E-state index is 14.5. The Morgan fingerprint density at radius 1 is 1.40 bits per heavy atom. The van der Waals surface area contributed by atoms with E-state index < -0.39 is 5.82 Å². The van der Waals surface area contributed by atoms with Crippen LogP contribution >= 0.6 is 11.6 Å². The summed E-state index contributed by atoms with van der Waals surface area (Å²) in [5, 5.41) is 9.91. The number of nitrogens with two attached hydrogens (primary N) is 1. The minimum atomic E-state index is -0.447. The Bertz CT molecular complexity index is 933. The minimum Gasteiger partial charge on any atom is -0.384 e. The first-order valence-corrected chi connectivity index (χ1v) is 8.75. The number of amidine groups is 1. The molecule has 0 aliphatic heterocycles. The van der Waals surface area contributed by atoms with E-state index in [4.69, 9.17) is 22.7 Å². The van der Waals surface area contributed by atoms with Crippen molar-refractivity contribution < 1.29 is 4.39 Å². The zero-order valence-electron chi connectivity index (χ0n) is 14.1. The van der Waals surface area contributed by atoms with E-state index >= 15 is 0 Å². The second-order valence-corrected chi connectivity index (χ2v) is 6.69. The van der Waals surface area contributed by atoms with Gasteiger partial charge in [0.2, 0.25) is 0 Å². The maximum Gasteiger partial charge on any atom is 0.130 e. The molecular formula is C20H21ClFN3. The average molecular weight is 358 g/mol. The molecule has 0 saturated heterocycles. The van der Waals surface area contributed by atoms with Crippen molar-refractivity contribution in [2.75, 3.05) is 0 Å². The van der Waals surface area contributed by atoms with Crippen molar-refractivity contribution in [1.82, 2.24) is 4.57 Å². The number of nitrogens with one attached hydrogen (secondary N) is 1. The highest BCUT2D eigenvalue weighted by molar-refractivity contribution is 6.31. The summed E-state index contributed by atoms with van der Waals surface area (Å²) >= 11 is 6.24. The summed E-state index contributed by atoms with van der Waals surface area (Å²) in [6.45, 7) is 2.51. The third-order valence-corrected chi connectivity index (χ3v) is 4.79. The number of allylic oxidation sites excluding steroid dienone is 2. The van der Waals surface area contributed by atoms with Gasteiger partial charge in [0.15, 0.2) is 0 Å². The number of hydrogen-bond donors (Lipinski definition) is 2. The van der Waals surface area contributed by atoms with Gasteiger partial charge in [-0.2, -0.15) is 0 Å². The lowest BCUT2D eigenvalue weighted by Gasteiger charge is -2.10. The summed E-state index contributed by atoms with van der Waals surface area (Å²) in [4.78, 5) is 0. The van der Waals surface area contributed by atoms with E-state index in [1.54, 1.807) is 0 Å². The summed E-state index contributed by atoms with van der Waals surface area (Å²) in [6.07, 6.45) is 12.8. The van der Waals surface area contributed by atoms with Crippen LogP contribution in [0.3, 0.4) is 0 Å². The monoisotopic (exact) mass is 357 g/mol. The molecule has 5 heteroatoms. The van der Waals surface area contributed by atoms with Crippen molar-refractivity contribution in [3.05, 3.63) is 69.1 Å². The van der Waals surface area contributed by atoms with Crippen LogP contribution in [-0.2, 0) is 6.54 Å². The van der Waals surface area contributed by atoms with Gasteiger partial charge < -0.3 is 10.3 Å². The fraction of sp³-hybridized carbons (Fsp3) is 0.250. The normalized spacial score (nSPS) is 15.9. The molecule has 1 aromatic carbocycles. The van der Waals surface area contributed by atoms with E-state index in [-0.39, 0.29) is 10.9 Å². The number of nitrogen functional groups attached to an aromatic ring is 1. The largest absolute Gasteiger partial charge is 0.384 e. The molecule has 2 aromatic rings. The smallest absolute Gasteiger partial charge is 0.130 e. The summed E-state index contributed by atoms with van der Waals surface area (Å²) in [5.74, 6) is -0.220. The quantitative estimate of drug-likeness (QED) is 0.626. The fourth-order valence-electron chi connectivity index (χ4n) is 3.14. The van der Waals surface area contributed by atoms with Gasteiger partial charge in [-0.1, -0.05) is 43.2 Å². The maximum absolute atomic E-state index is 14.5. The van der Waals surface area contributed by atoms with Crippen molar-refractivity contribution in [3.63, 3.8) is 0 Å². The summed E-state index contributed by atoms with van der Waals surface area (Å²) in [7, 11) is 0. The molecule has 25 heavy (non-hydrogen) atoms. The minimum absolute atomic E-state index is 0.197. The van der Waals surface area contributed by atoms with Crippen LogP contribution in [0.15, 0.2) is 36.5 Å². The van der Waals surface area contributed by atoms with Crippen LogP contribution in [0.2, 0.25) is 5.02 Å². The van der Waals surface area contributed by atoms with Crippen LogP contribution in [0.1, 0.15) is 30.9 Å². The van der Waals surface area contributed by atoms with Crippen LogP contribution in [0.5, 0.6) is 0 Å². The summed E-state index contributed by atoms with van der Waals surface area (Å²) < 4.78 is 16.4. The first-order valence-electron chi connectivity index (χ1n) is 8.37. The van der Waals surface area contributed by atoms with Crippen molar-refractivity contribution in [1.29, 1.82) is 5.41 Å². The van der Waals surface area contributed by atoms with Gasteiger partial charge in [-0.05, 0) is 41.8 Å². The predicted octanol–water partition coefficient (Wildman–Crippen LogP) is 3.16. The van der Waals surface area contributed by atoms with E-state index in [0.29, 0.717) is 23.6 Å². The zero-order chi connectivity index (χ0) is 18.0. The number of hydrogen-bond acceptors (Lipinski definition) is 1. The molecule has 1 aromatic heterocycles. The van der Waals surface area contributed by atoms with Gasteiger partial charge in [-0.3, -0.25) is 5.41 Å². The standard InChI is InChI=1S/C20H21ClFN3/c1-2-4-13-5-3-6-19-14(9-13)7-8-25(19)12-16-17(21)10-15(20(23)24)11-18(16)22/h3,5-11,13H,2,4,12H2,1H3,(H3,23,24). The highest BCUT2D eigenvalue weighted by atomic mass is 35.5. The van der Waals surface area contributed by atoms with Gasteiger partial charge in [0, 0.05) is 27.7 Å². The van der Waals surface area contributed by atoms with Crippen molar-refractivity contribution in [2.45, 2.75) is 26.3 Å². The van der Waals surface area contributed by atoms with Crippen LogP contribution < -0.4 is 16.3 Å². The summed E-state index contributed by atoms with van der Waals surface area (Å²) in [5.41, 5.74) is 6.11. The third-order valence-electron chi connectivity index (χ3n) is 4.45. The number of fused-ring (bicyclic) bond motifs is 1. The Hall–Kier alpha value is -2.33. The predicted molar refractivity (Wildman–Crippen MR) is 102 cm³/mol. The molecule has 0 fully saturated rings. The average Bonchev–Trinajstić information content (AvgIpc) is 2.80. The lowest BCUT2D eigenvalue weighted by molar-refractivity contribution is 0.597. The van der Waals surface area contributed by atoms with Crippen molar-refractivity contribution in [2.24, 2.45) is 11.7 Å². The topological polar surface area (TPSA) is 54.8 Å². The highest BCUT2D eigenvalue weighted by Gasteiger charge is 2.13. The van der Waals surface area contributed by atoms with Gasteiger partial charge in [0.05, 0.1) is 6.54 Å². The molecule has 0 spiro atoms. The molecule has 3 rings (SSSR count). The molecule has 0 radical (unpaired) electrons. The third kappa shape index (κ3) is 3.69.